The molecule has 0 saturated heterocycles. The van der Waals surface area contributed by atoms with Crippen LogP contribution in [0.15, 0.2) is 71.6 Å². The lowest BCUT2D eigenvalue weighted by molar-refractivity contribution is -0.117. The minimum atomic E-state index is -3.44. The molecule has 2 heterocycles. The van der Waals surface area contributed by atoms with Gasteiger partial charge in [0.05, 0.1) is 44.4 Å². The molecule has 252 valence electrons. The van der Waals surface area contributed by atoms with Crippen LogP contribution in [0.1, 0.15) is 59.1 Å². The van der Waals surface area contributed by atoms with E-state index in [1.807, 2.05) is 65.8 Å². The highest BCUT2D eigenvalue weighted by Gasteiger charge is 2.35. The third-order valence-electron chi connectivity index (χ3n) is 6.63. The maximum atomic E-state index is 13.7. The van der Waals surface area contributed by atoms with Crippen molar-refractivity contribution in [1.82, 2.24) is 10.1 Å². The van der Waals surface area contributed by atoms with Crippen molar-refractivity contribution < 1.29 is 22.9 Å². The second kappa shape index (κ2) is 15.4. The fraction of sp³-hybridized carbons (Fsp3) is 0.382. The Morgan fingerprint density at radius 2 is 1.49 bits per heavy atom. The number of hydrogen-bond donors (Lipinski definition) is 0. The molecule has 0 spiro atoms. The Balaban J connectivity index is 1.55. The molecule has 0 N–H and O–H groups in total. The Labute approximate surface area is 296 Å². The highest BCUT2D eigenvalue weighted by Crippen LogP contribution is 2.57. The van der Waals surface area contributed by atoms with Gasteiger partial charge in [0.1, 0.15) is 12.0 Å². The minimum Gasteiger partial charge on any atom is -0.363 e. The standard InChI is InChI=1S/C34H38Cl4N3O5P/c1-33(2,3)45-47(43,46-34(4,5)6)21-23-16-14-22(15-17-23)10-9-19-41(32(42)31(37)38)27-13-8-18-39-29(27)24-20-44-40-30(24)28-25(35)11-7-12-26(28)36/h7-8,11-18,20,31H,9-10,19,21H2,1-6H3. The van der Waals surface area contributed by atoms with Crippen LogP contribution in [-0.4, -0.2) is 38.6 Å². The van der Waals surface area contributed by atoms with Crippen molar-refractivity contribution in [3.05, 3.63) is 88.2 Å². The molecule has 2 aromatic heterocycles. The number of amides is 1. The van der Waals surface area contributed by atoms with Gasteiger partial charge in [0, 0.05) is 18.3 Å². The quantitative estimate of drug-likeness (QED) is 0.105. The van der Waals surface area contributed by atoms with Crippen LogP contribution < -0.4 is 4.90 Å². The first-order valence-corrected chi connectivity index (χ1v) is 18.3. The van der Waals surface area contributed by atoms with Gasteiger partial charge in [-0.15, -0.1) is 0 Å². The van der Waals surface area contributed by atoms with Gasteiger partial charge in [-0.05, 0) is 89.8 Å². The molecular weight excluding hydrogens is 703 g/mol. The summed E-state index contributed by atoms with van der Waals surface area (Å²) in [6, 6.07) is 16.4. The number of aryl methyl sites for hydroxylation is 1. The van der Waals surface area contributed by atoms with Gasteiger partial charge in [-0.2, -0.15) is 0 Å². The topological polar surface area (TPSA) is 94.8 Å². The number of benzene rings is 2. The number of aromatic nitrogens is 2. The lowest BCUT2D eigenvalue weighted by Crippen LogP contribution is -2.36. The van der Waals surface area contributed by atoms with E-state index in [1.165, 1.54) is 11.2 Å². The number of hydrogen-bond acceptors (Lipinski definition) is 7. The van der Waals surface area contributed by atoms with Crippen molar-refractivity contribution in [2.24, 2.45) is 0 Å². The zero-order valence-corrected chi connectivity index (χ0v) is 31.0. The Morgan fingerprint density at radius 3 is 2.06 bits per heavy atom. The molecule has 0 unspecified atom stereocenters. The molecule has 0 atom stereocenters. The lowest BCUT2D eigenvalue weighted by atomic mass is 10.0. The van der Waals surface area contributed by atoms with Crippen molar-refractivity contribution in [3.8, 4) is 22.5 Å². The van der Waals surface area contributed by atoms with Gasteiger partial charge >= 0.3 is 7.60 Å². The van der Waals surface area contributed by atoms with E-state index in [2.05, 4.69) is 10.1 Å². The van der Waals surface area contributed by atoms with Gasteiger partial charge in [0.15, 0.2) is 4.84 Å². The Bertz CT molecular complexity index is 1690. The first kappa shape index (κ1) is 37.4. The molecule has 4 rings (SSSR count). The zero-order valence-electron chi connectivity index (χ0n) is 27.1. The normalized spacial score (nSPS) is 12.5. The maximum absolute atomic E-state index is 13.7. The Morgan fingerprint density at radius 1 is 0.894 bits per heavy atom. The van der Waals surface area contributed by atoms with Gasteiger partial charge in [-0.3, -0.25) is 14.3 Å². The molecule has 0 aliphatic carbocycles. The minimum absolute atomic E-state index is 0.144. The van der Waals surface area contributed by atoms with Crippen LogP contribution in [0.3, 0.4) is 0 Å². The van der Waals surface area contributed by atoms with Gasteiger partial charge in [0.25, 0.3) is 5.91 Å². The fourth-order valence-corrected chi connectivity index (χ4v) is 8.30. The molecule has 8 nitrogen and oxygen atoms in total. The Kier molecular flexibility index (Phi) is 12.3. The molecule has 1 amide bonds. The first-order chi connectivity index (χ1) is 22.0. The summed E-state index contributed by atoms with van der Waals surface area (Å²) >= 11 is 25.2. The van der Waals surface area contributed by atoms with E-state index in [0.717, 1.165) is 11.1 Å². The van der Waals surface area contributed by atoms with Crippen LogP contribution in [0.5, 0.6) is 0 Å². The molecule has 0 bridgehead atoms. The number of alkyl halides is 2. The van der Waals surface area contributed by atoms with E-state index in [4.69, 9.17) is 60.0 Å². The summed E-state index contributed by atoms with van der Waals surface area (Å²) in [5.74, 6) is -0.500. The molecule has 0 aliphatic rings. The van der Waals surface area contributed by atoms with Crippen LogP contribution >= 0.6 is 54.0 Å². The van der Waals surface area contributed by atoms with Gasteiger partial charge < -0.3 is 18.5 Å². The molecule has 47 heavy (non-hydrogen) atoms. The Hall–Kier alpha value is -2.42. The summed E-state index contributed by atoms with van der Waals surface area (Å²) < 4.78 is 30.9. The van der Waals surface area contributed by atoms with Crippen LogP contribution in [0.25, 0.3) is 22.5 Å². The summed E-state index contributed by atoms with van der Waals surface area (Å²) in [4.78, 5) is 18.1. The second-order valence-corrected chi connectivity index (χ2v) is 16.7. The van der Waals surface area contributed by atoms with E-state index in [0.29, 0.717) is 51.1 Å². The van der Waals surface area contributed by atoms with Crippen molar-refractivity contribution in [2.45, 2.75) is 76.6 Å². The van der Waals surface area contributed by atoms with Crippen LogP contribution in [0.4, 0.5) is 5.69 Å². The number of pyridine rings is 1. The summed E-state index contributed by atoms with van der Waals surface area (Å²) in [6.07, 6.45) is 4.39. The number of rotatable bonds is 12. The second-order valence-electron chi connectivity index (χ2n) is 12.9. The molecule has 0 radical (unpaired) electrons. The molecule has 0 aliphatic heterocycles. The summed E-state index contributed by atoms with van der Waals surface area (Å²) in [6.45, 7) is 11.4. The van der Waals surface area contributed by atoms with Crippen LogP contribution in [-0.2, 0) is 31.0 Å². The summed E-state index contributed by atoms with van der Waals surface area (Å²) in [7, 11) is -3.44. The number of anilines is 1. The molecule has 13 heteroatoms. The number of carbonyl (C=O) groups is 1. The SMILES string of the molecule is CC(C)(C)OP(=O)(Cc1ccc(CCCN(C(=O)C(Cl)Cl)c2cccnc2-c2conc2-c2c(Cl)cccc2Cl)cc1)OC(C)(C)C. The van der Waals surface area contributed by atoms with Crippen molar-refractivity contribution >= 4 is 65.6 Å². The van der Waals surface area contributed by atoms with E-state index >= 15 is 0 Å². The highest BCUT2D eigenvalue weighted by atomic mass is 35.5. The number of halogens is 4. The largest absolute Gasteiger partial charge is 0.363 e. The number of carbonyl (C=O) groups excluding carboxylic acids is 1. The smallest absolute Gasteiger partial charge is 0.336 e. The van der Waals surface area contributed by atoms with E-state index in [1.54, 1.807) is 36.5 Å². The molecular formula is C34H38Cl4N3O5P. The number of nitrogens with zero attached hydrogens (tertiary/aromatic N) is 3. The van der Waals surface area contributed by atoms with E-state index < -0.39 is 29.5 Å². The van der Waals surface area contributed by atoms with E-state index in [9.17, 15) is 9.36 Å². The average Bonchev–Trinajstić information content (AvgIpc) is 3.43. The molecule has 0 saturated carbocycles. The predicted octanol–water partition coefficient (Wildman–Crippen LogP) is 10.8. The van der Waals surface area contributed by atoms with Gasteiger partial charge in [-0.1, -0.05) is 81.9 Å². The molecule has 0 fully saturated rings. The summed E-state index contributed by atoms with van der Waals surface area (Å²) in [5.41, 5.74) is 2.83. The zero-order chi connectivity index (χ0) is 34.6. The average molecular weight is 741 g/mol. The monoisotopic (exact) mass is 739 g/mol. The van der Waals surface area contributed by atoms with Crippen molar-refractivity contribution in [1.29, 1.82) is 0 Å². The van der Waals surface area contributed by atoms with Crippen molar-refractivity contribution in [3.63, 3.8) is 0 Å². The van der Waals surface area contributed by atoms with Gasteiger partial charge in [0.2, 0.25) is 0 Å². The molecule has 4 aromatic rings. The predicted molar refractivity (Wildman–Crippen MR) is 191 cm³/mol. The van der Waals surface area contributed by atoms with Crippen LogP contribution in [0.2, 0.25) is 10.0 Å². The van der Waals surface area contributed by atoms with Crippen LogP contribution in [0, 0.1) is 0 Å². The third-order valence-corrected chi connectivity index (χ3v) is 10.0. The maximum Gasteiger partial charge on any atom is 0.336 e. The fourth-order valence-electron chi connectivity index (χ4n) is 4.99. The summed E-state index contributed by atoms with van der Waals surface area (Å²) in [5, 5.41) is 4.93. The van der Waals surface area contributed by atoms with Gasteiger partial charge in [-0.25, -0.2) is 0 Å². The molecule has 2 aromatic carbocycles. The third kappa shape index (κ3) is 10.3. The van der Waals surface area contributed by atoms with Crippen molar-refractivity contribution in [2.75, 3.05) is 11.4 Å². The van der Waals surface area contributed by atoms with E-state index in [-0.39, 0.29) is 12.7 Å². The lowest BCUT2D eigenvalue weighted by Gasteiger charge is -2.32. The highest BCUT2D eigenvalue weighted by molar-refractivity contribution is 7.53. The first-order valence-electron chi connectivity index (χ1n) is 15.0.